The molecule has 24 heavy (non-hydrogen) atoms. The van der Waals surface area contributed by atoms with Gasteiger partial charge in [-0.2, -0.15) is 0 Å². The lowest BCUT2D eigenvalue weighted by atomic mass is 10.00. The van der Waals surface area contributed by atoms with Crippen molar-refractivity contribution in [3.63, 3.8) is 0 Å². The fourth-order valence-corrected chi connectivity index (χ4v) is 3.55. The summed E-state index contributed by atoms with van der Waals surface area (Å²) in [6, 6.07) is 27.6. The minimum Gasteiger partial charge on any atom is -0.456 e. The molecule has 4 aromatic carbocycles. The molecule has 0 saturated heterocycles. The first-order valence-corrected chi connectivity index (χ1v) is 8.68. The van der Waals surface area contributed by atoms with Crippen LogP contribution in [-0.2, 0) is 0 Å². The van der Waals surface area contributed by atoms with Crippen molar-refractivity contribution >= 4 is 48.6 Å². The largest absolute Gasteiger partial charge is 0.456 e. The highest BCUT2D eigenvalue weighted by Crippen LogP contribution is 2.33. The zero-order valence-corrected chi connectivity index (χ0v) is 14.4. The minimum absolute atomic E-state index is 0.941. The molecule has 0 amide bonds. The summed E-state index contributed by atoms with van der Waals surface area (Å²) in [5, 5.41) is 4.78. The zero-order chi connectivity index (χ0) is 16.1. The van der Waals surface area contributed by atoms with Crippen molar-refractivity contribution in [2.45, 2.75) is 0 Å². The highest BCUT2D eigenvalue weighted by molar-refractivity contribution is 9.10. The van der Waals surface area contributed by atoms with E-state index in [0.717, 1.165) is 15.6 Å². The fourth-order valence-electron chi connectivity index (χ4n) is 3.29. The number of hydrogen-bond acceptors (Lipinski definition) is 1. The Labute approximate surface area is 147 Å². The van der Waals surface area contributed by atoms with Gasteiger partial charge in [0.25, 0.3) is 0 Å². The maximum absolute atomic E-state index is 6.02. The monoisotopic (exact) mass is 372 g/mol. The molecule has 0 bridgehead atoms. The molecule has 0 spiro atoms. The molecule has 0 aliphatic heterocycles. The van der Waals surface area contributed by atoms with Crippen LogP contribution in [0.1, 0.15) is 0 Å². The van der Waals surface area contributed by atoms with Gasteiger partial charge in [-0.15, -0.1) is 0 Å². The summed E-state index contributed by atoms with van der Waals surface area (Å²) < 4.78 is 7.11. The van der Waals surface area contributed by atoms with E-state index in [1.165, 1.54) is 32.7 Å². The van der Waals surface area contributed by atoms with Crippen LogP contribution in [0.2, 0.25) is 0 Å². The van der Waals surface area contributed by atoms with Crippen LogP contribution in [0.15, 0.2) is 87.8 Å². The van der Waals surface area contributed by atoms with Gasteiger partial charge in [0, 0.05) is 15.2 Å². The minimum atomic E-state index is 0.941. The lowest BCUT2D eigenvalue weighted by Gasteiger charge is -2.05. The molecule has 1 aromatic heterocycles. The van der Waals surface area contributed by atoms with E-state index >= 15 is 0 Å². The third-order valence-electron chi connectivity index (χ3n) is 4.51. The van der Waals surface area contributed by atoms with Gasteiger partial charge < -0.3 is 4.42 Å². The van der Waals surface area contributed by atoms with Gasteiger partial charge in [-0.3, -0.25) is 0 Å². The number of benzene rings is 4. The van der Waals surface area contributed by atoms with Crippen LogP contribution in [0.4, 0.5) is 0 Å². The van der Waals surface area contributed by atoms with Gasteiger partial charge in [0.2, 0.25) is 0 Å². The molecule has 1 nitrogen and oxygen atoms in total. The third kappa shape index (κ3) is 2.15. The maximum Gasteiger partial charge on any atom is 0.136 e. The van der Waals surface area contributed by atoms with Crippen molar-refractivity contribution in [2.24, 2.45) is 0 Å². The van der Waals surface area contributed by atoms with Crippen molar-refractivity contribution in [2.75, 3.05) is 0 Å². The van der Waals surface area contributed by atoms with Crippen molar-refractivity contribution in [1.82, 2.24) is 0 Å². The van der Waals surface area contributed by atoms with Crippen LogP contribution >= 0.6 is 15.9 Å². The Bertz CT molecular complexity index is 1200. The average Bonchev–Trinajstić information content (AvgIpc) is 2.97. The highest BCUT2D eigenvalue weighted by atomic mass is 79.9. The van der Waals surface area contributed by atoms with Gasteiger partial charge in [0.15, 0.2) is 0 Å². The van der Waals surface area contributed by atoms with Crippen LogP contribution in [0, 0.1) is 0 Å². The van der Waals surface area contributed by atoms with Crippen LogP contribution in [-0.4, -0.2) is 0 Å². The highest BCUT2D eigenvalue weighted by Gasteiger charge is 2.08. The quantitative estimate of drug-likeness (QED) is 0.304. The summed E-state index contributed by atoms with van der Waals surface area (Å²) in [7, 11) is 0. The van der Waals surface area contributed by atoms with E-state index < -0.39 is 0 Å². The van der Waals surface area contributed by atoms with Gasteiger partial charge in [0.1, 0.15) is 11.2 Å². The Hall–Kier alpha value is -2.58. The topological polar surface area (TPSA) is 13.1 Å². The van der Waals surface area contributed by atoms with Crippen LogP contribution in [0.3, 0.4) is 0 Å². The molecule has 1 heterocycles. The number of fused-ring (bicyclic) bond motifs is 4. The Morgan fingerprint density at radius 1 is 0.583 bits per heavy atom. The van der Waals surface area contributed by atoms with E-state index in [-0.39, 0.29) is 0 Å². The summed E-state index contributed by atoms with van der Waals surface area (Å²) in [4.78, 5) is 0. The predicted molar refractivity (Wildman–Crippen MR) is 104 cm³/mol. The molecule has 0 fully saturated rings. The summed E-state index contributed by atoms with van der Waals surface area (Å²) in [6.45, 7) is 0. The van der Waals surface area contributed by atoms with Crippen LogP contribution < -0.4 is 0 Å². The molecule has 0 unspecified atom stereocenters. The number of para-hydroxylation sites is 1. The van der Waals surface area contributed by atoms with Gasteiger partial charge in [-0.05, 0) is 58.3 Å². The van der Waals surface area contributed by atoms with Gasteiger partial charge >= 0.3 is 0 Å². The summed E-state index contributed by atoms with van der Waals surface area (Å²) in [5.74, 6) is 0. The first-order valence-electron chi connectivity index (χ1n) is 7.89. The summed E-state index contributed by atoms with van der Waals surface area (Å²) in [5.41, 5.74) is 4.31. The fraction of sp³-hybridized carbons (Fsp3) is 0. The Morgan fingerprint density at radius 3 is 2.25 bits per heavy atom. The molecular weight excluding hydrogens is 360 g/mol. The Kier molecular flexibility index (Phi) is 3.00. The van der Waals surface area contributed by atoms with Crippen molar-refractivity contribution in [3.05, 3.63) is 83.3 Å². The van der Waals surface area contributed by atoms with Crippen LogP contribution in [0.25, 0.3) is 43.8 Å². The molecule has 0 N–H and O–H groups in total. The van der Waals surface area contributed by atoms with E-state index in [1.54, 1.807) is 0 Å². The first kappa shape index (κ1) is 13.8. The third-order valence-corrected chi connectivity index (χ3v) is 5.04. The SMILES string of the molecule is Brc1ccc(-c2ccc3cc4c(cc3c2)oc2ccccc24)cc1. The molecule has 0 radical (unpaired) electrons. The van der Waals surface area contributed by atoms with Gasteiger partial charge in [-0.25, -0.2) is 0 Å². The average molecular weight is 373 g/mol. The van der Waals surface area contributed by atoms with E-state index in [2.05, 4.69) is 82.7 Å². The number of rotatable bonds is 1. The number of halogens is 1. The number of hydrogen-bond donors (Lipinski definition) is 0. The molecule has 0 aliphatic carbocycles. The smallest absolute Gasteiger partial charge is 0.136 e. The lowest BCUT2D eigenvalue weighted by Crippen LogP contribution is -1.79. The maximum atomic E-state index is 6.02. The van der Waals surface area contributed by atoms with E-state index in [9.17, 15) is 0 Å². The molecule has 114 valence electrons. The second-order valence-electron chi connectivity index (χ2n) is 6.02. The summed E-state index contributed by atoms with van der Waals surface area (Å²) in [6.07, 6.45) is 0. The standard InChI is InChI=1S/C22H13BrO/c23-18-9-7-14(8-10-18)15-5-6-16-12-20-19-3-1-2-4-21(19)24-22(20)13-17(16)11-15/h1-13H. The first-order chi connectivity index (χ1) is 11.8. The second kappa shape index (κ2) is 5.22. The van der Waals surface area contributed by atoms with Crippen molar-refractivity contribution < 1.29 is 4.42 Å². The second-order valence-corrected chi connectivity index (χ2v) is 6.93. The van der Waals surface area contributed by atoms with Crippen molar-refractivity contribution in [3.8, 4) is 11.1 Å². The number of furan rings is 1. The van der Waals surface area contributed by atoms with Gasteiger partial charge in [0.05, 0.1) is 0 Å². The van der Waals surface area contributed by atoms with Crippen molar-refractivity contribution in [1.29, 1.82) is 0 Å². The Morgan fingerprint density at radius 2 is 1.38 bits per heavy atom. The van der Waals surface area contributed by atoms with Gasteiger partial charge in [-0.1, -0.05) is 58.4 Å². The molecular formula is C22H13BrO. The van der Waals surface area contributed by atoms with E-state index in [0.29, 0.717) is 0 Å². The normalized spacial score (nSPS) is 11.5. The summed E-state index contributed by atoms with van der Waals surface area (Å²) >= 11 is 3.49. The molecule has 5 rings (SSSR count). The molecule has 2 heteroatoms. The van der Waals surface area contributed by atoms with Crippen LogP contribution in [0.5, 0.6) is 0 Å². The Balaban J connectivity index is 1.75. The van der Waals surface area contributed by atoms with E-state index in [4.69, 9.17) is 4.42 Å². The predicted octanol–water partition coefficient (Wildman–Crippen LogP) is 7.17. The molecule has 0 atom stereocenters. The molecule has 0 saturated carbocycles. The molecule has 5 aromatic rings. The lowest BCUT2D eigenvalue weighted by molar-refractivity contribution is 0.669. The molecule has 0 aliphatic rings. The van der Waals surface area contributed by atoms with E-state index in [1.807, 2.05) is 12.1 Å². The zero-order valence-electron chi connectivity index (χ0n) is 12.8.